The fourth-order valence-corrected chi connectivity index (χ4v) is 1.33. The maximum absolute atomic E-state index is 11.6. The largest absolute Gasteiger partial charge is 0.494 e. The van der Waals surface area contributed by atoms with E-state index in [1.54, 1.807) is 24.3 Å². The van der Waals surface area contributed by atoms with Crippen molar-refractivity contribution in [1.82, 2.24) is 5.32 Å². The van der Waals surface area contributed by atoms with Gasteiger partial charge in [0.1, 0.15) is 12.4 Å². The van der Waals surface area contributed by atoms with E-state index >= 15 is 0 Å². The van der Waals surface area contributed by atoms with Crippen LogP contribution in [-0.2, 0) is 4.74 Å². The van der Waals surface area contributed by atoms with E-state index < -0.39 is 0 Å². The van der Waals surface area contributed by atoms with Crippen LogP contribution in [0.5, 0.6) is 5.75 Å². The molecule has 0 bridgehead atoms. The lowest BCUT2D eigenvalue weighted by molar-refractivity contribution is 0.0509. The molecule has 0 heterocycles. The summed E-state index contributed by atoms with van der Waals surface area (Å²) < 4.78 is 10.4. The molecule has 0 amide bonds. The van der Waals surface area contributed by atoms with Crippen LogP contribution in [0.3, 0.4) is 0 Å². The maximum Gasteiger partial charge on any atom is 0.338 e. The molecule has 0 unspecified atom stereocenters. The zero-order valence-corrected chi connectivity index (χ0v) is 10.4. The van der Waals surface area contributed by atoms with E-state index in [0.29, 0.717) is 25.3 Å². The minimum absolute atomic E-state index is 0.300. The van der Waals surface area contributed by atoms with Crippen LogP contribution < -0.4 is 10.1 Å². The number of carbonyl (C=O) groups is 1. The molecule has 0 fully saturated rings. The second kappa shape index (κ2) is 7.68. The Morgan fingerprint density at radius 3 is 2.53 bits per heavy atom. The molecule has 1 aromatic carbocycles. The minimum Gasteiger partial charge on any atom is -0.494 e. The molecule has 1 aromatic rings. The Morgan fingerprint density at radius 2 is 1.94 bits per heavy atom. The predicted octanol–water partition coefficient (Wildman–Crippen LogP) is 1.85. The summed E-state index contributed by atoms with van der Waals surface area (Å²) in [5.41, 5.74) is 0.546. The Morgan fingerprint density at radius 1 is 1.24 bits per heavy atom. The van der Waals surface area contributed by atoms with Crippen molar-refractivity contribution in [3.8, 4) is 5.75 Å². The van der Waals surface area contributed by atoms with Crippen molar-refractivity contribution < 1.29 is 14.3 Å². The highest BCUT2D eigenvalue weighted by molar-refractivity contribution is 5.89. The Hall–Kier alpha value is -1.55. The Balaban J connectivity index is 2.40. The number of carbonyl (C=O) groups excluding carboxylic acids is 1. The van der Waals surface area contributed by atoms with Crippen molar-refractivity contribution in [3.63, 3.8) is 0 Å². The van der Waals surface area contributed by atoms with Crippen molar-refractivity contribution in [3.05, 3.63) is 29.8 Å². The number of rotatable bonds is 7. The van der Waals surface area contributed by atoms with Gasteiger partial charge in [0.25, 0.3) is 0 Å². The van der Waals surface area contributed by atoms with Crippen molar-refractivity contribution in [2.45, 2.75) is 13.8 Å². The van der Waals surface area contributed by atoms with Gasteiger partial charge in [-0.1, -0.05) is 6.92 Å². The topological polar surface area (TPSA) is 47.6 Å². The zero-order valence-electron chi connectivity index (χ0n) is 10.4. The molecule has 4 heteroatoms. The SMILES string of the molecule is CCNCCOC(=O)c1ccc(OCC)cc1. The first-order valence-electron chi connectivity index (χ1n) is 5.88. The van der Waals surface area contributed by atoms with Crippen molar-refractivity contribution in [2.75, 3.05) is 26.3 Å². The standard InChI is InChI=1S/C13H19NO3/c1-3-14-9-10-17-13(15)11-5-7-12(8-6-11)16-4-2/h5-8,14H,3-4,9-10H2,1-2H3. The van der Waals surface area contributed by atoms with Gasteiger partial charge in [0.15, 0.2) is 0 Å². The van der Waals surface area contributed by atoms with E-state index in [4.69, 9.17) is 9.47 Å². The Bertz CT molecular complexity index is 335. The first-order chi connectivity index (χ1) is 8.27. The first kappa shape index (κ1) is 13.5. The normalized spacial score (nSPS) is 10.0. The van der Waals surface area contributed by atoms with Gasteiger partial charge in [0.05, 0.1) is 12.2 Å². The van der Waals surface area contributed by atoms with Gasteiger partial charge in [0, 0.05) is 6.54 Å². The first-order valence-corrected chi connectivity index (χ1v) is 5.88. The molecule has 17 heavy (non-hydrogen) atoms. The number of esters is 1. The third-order valence-corrected chi connectivity index (χ3v) is 2.16. The Labute approximate surface area is 102 Å². The smallest absolute Gasteiger partial charge is 0.338 e. The Kier molecular flexibility index (Phi) is 6.10. The highest BCUT2D eigenvalue weighted by Crippen LogP contribution is 2.12. The van der Waals surface area contributed by atoms with E-state index in [1.165, 1.54) is 0 Å². The lowest BCUT2D eigenvalue weighted by Gasteiger charge is -2.06. The van der Waals surface area contributed by atoms with E-state index in [1.807, 2.05) is 13.8 Å². The van der Waals surface area contributed by atoms with Gasteiger partial charge in [-0.3, -0.25) is 0 Å². The third-order valence-electron chi connectivity index (χ3n) is 2.16. The molecule has 0 aliphatic carbocycles. The number of hydrogen-bond acceptors (Lipinski definition) is 4. The zero-order chi connectivity index (χ0) is 12.5. The lowest BCUT2D eigenvalue weighted by Crippen LogP contribution is -2.20. The number of benzene rings is 1. The van der Waals surface area contributed by atoms with Crippen LogP contribution in [-0.4, -0.2) is 32.3 Å². The van der Waals surface area contributed by atoms with Crippen LogP contribution in [0.1, 0.15) is 24.2 Å². The molecular weight excluding hydrogens is 218 g/mol. The molecule has 0 saturated heterocycles. The van der Waals surface area contributed by atoms with Crippen LogP contribution in [0.2, 0.25) is 0 Å². The molecular formula is C13H19NO3. The summed E-state index contributed by atoms with van der Waals surface area (Å²) in [6.45, 7) is 6.49. The average molecular weight is 237 g/mol. The lowest BCUT2D eigenvalue weighted by atomic mass is 10.2. The van der Waals surface area contributed by atoms with Crippen LogP contribution in [0.15, 0.2) is 24.3 Å². The highest BCUT2D eigenvalue weighted by Gasteiger charge is 2.06. The second-order valence-corrected chi connectivity index (χ2v) is 3.45. The van der Waals surface area contributed by atoms with Crippen LogP contribution in [0, 0.1) is 0 Å². The summed E-state index contributed by atoms with van der Waals surface area (Å²) in [7, 11) is 0. The van der Waals surface area contributed by atoms with Crippen molar-refractivity contribution in [1.29, 1.82) is 0 Å². The highest BCUT2D eigenvalue weighted by atomic mass is 16.5. The van der Waals surface area contributed by atoms with Gasteiger partial charge in [-0.2, -0.15) is 0 Å². The summed E-state index contributed by atoms with van der Waals surface area (Å²) in [4.78, 5) is 11.6. The summed E-state index contributed by atoms with van der Waals surface area (Å²) in [5, 5.41) is 3.08. The van der Waals surface area contributed by atoms with E-state index in [-0.39, 0.29) is 5.97 Å². The minimum atomic E-state index is -0.300. The summed E-state index contributed by atoms with van der Waals surface area (Å²) in [6, 6.07) is 6.95. The molecule has 94 valence electrons. The molecule has 0 aliphatic heterocycles. The quantitative estimate of drug-likeness (QED) is 0.581. The molecule has 4 nitrogen and oxygen atoms in total. The van der Waals surface area contributed by atoms with Gasteiger partial charge in [0.2, 0.25) is 0 Å². The summed E-state index contributed by atoms with van der Waals surface area (Å²) in [5.74, 6) is 0.461. The summed E-state index contributed by atoms with van der Waals surface area (Å²) >= 11 is 0. The molecule has 0 aromatic heterocycles. The molecule has 0 spiro atoms. The number of hydrogen-bond donors (Lipinski definition) is 1. The predicted molar refractivity (Wildman–Crippen MR) is 66.4 cm³/mol. The fraction of sp³-hybridized carbons (Fsp3) is 0.462. The van der Waals surface area contributed by atoms with Crippen LogP contribution in [0.4, 0.5) is 0 Å². The summed E-state index contributed by atoms with van der Waals surface area (Å²) in [6.07, 6.45) is 0. The number of nitrogens with one attached hydrogen (secondary N) is 1. The molecule has 0 saturated carbocycles. The molecule has 1 N–H and O–H groups in total. The van der Waals surface area contributed by atoms with Gasteiger partial charge < -0.3 is 14.8 Å². The average Bonchev–Trinajstić information content (AvgIpc) is 2.36. The third kappa shape index (κ3) is 4.87. The van der Waals surface area contributed by atoms with E-state index in [9.17, 15) is 4.79 Å². The molecule has 0 atom stereocenters. The van der Waals surface area contributed by atoms with Crippen LogP contribution >= 0.6 is 0 Å². The van der Waals surface area contributed by atoms with Crippen LogP contribution in [0.25, 0.3) is 0 Å². The monoisotopic (exact) mass is 237 g/mol. The van der Waals surface area contributed by atoms with Gasteiger partial charge in [-0.05, 0) is 37.7 Å². The number of likely N-dealkylation sites (N-methyl/N-ethyl adjacent to an activating group) is 1. The molecule has 0 radical (unpaired) electrons. The van der Waals surface area contributed by atoms with Gasteiger partial charge in [-0.15, -0.1) is 0 Å². The van der Waals surface area contributed by atoms with E-state index in [2.05, 4.69) is 5.32 Å². The van der Waals surface area contributed by atoms with Crippen molar-refractivity contribution in [2.24, 2.45) is 0 Å². The molecule has 1 rings (SSSR count). The maximum atomic E-state index is 11.6. The van der Waals surface area contributed by atoms with E-state index in [0.717, 1.165) is 12.3 Å². The van der Waals surface area contributed by atoms with Gasteiger partial charge in [-0.25, -0.2) is 4.79 Å². The van der Waals surface area contributed by atoms with Gasteiger partial charge >= 0.3 is 5.97 Å². The van der Waals surface area contributed by atoms with Crippen molar-refractivity contribution >= 4 is 5.97 Å². The number of ether oxygens (including phenoxy) is 2. The second-order valence-electron chi connectivity index (χ2n) is 3.45. The fourth-order valence-electron chi connectivity index (χ4n) is 1.33. The molecule has 0 aliphatic rings.